The highest BCUT2D eigenvalue weighted by Crippen LogP contribution is 2.55. The molecule has 0 N–H and O–H groups in total. The molecule has 0 saturated heterocycles. The summed E-state index contributed by atoms with van der Waals surface area (Å²) in [5, 5.41) is 7.55. The minimum absolute atomic E-state index is 0.101. The third-order valence-electron chi connectivity index (χ3n) is 12.5. The van der Waals surface area contributed by atoms with Gasteiger partial charge in [-0.15, -0.1) is 0 Å². The van der Waals surface area contributed by atoms with Crippen LogP contribution >= 0.6 is 0 Å². The van der Waals surface area contributed by atoms with Crippen molar-refractivity contribution in [3.05, 3.63) is 217 Å². The summed E-state index contributed by atoms with van der Waals surface area (Å²) >= 11 is 0. The minimum Gasteiger partial charge on any atom is -0.0622 e. The van der Waals surface area contributed by atoms with Crippen LogP contribution in [0.25, 0.3) is 99.1 Å². The molecule has 0 aromatic heterocycles. The van der Waals surface area contributed by atoms with Gasteiger partial charge in [0.2, 0.25) is 0 Å². The van der Waals surface area contributed by atoms with Crippen LogP contribution in [0.15, 0.2) is 206 Å². The average molecular weight is 725 g/mol. The van der Waals surface area contributed by atoms with E-state index in [9.17, 15) is 0 Å². The maximum atomic E-state index is 2.48. The Labute approximate surface area is 334 Å². The van der Waals surface area contributed by atoms with Crippen molar-refractivity contribution in [2.45, 2.75) is 19.3 Å². The highest BCUT2D eigenvalue weighted by molar-refractivity contribution is 6.23. The van der Waals surface area contributed by atoms with E-state index in [1.165, 1.54) is 110 Å². The van der Waals surface area contributed by atoms with E-state index < -0.39 is 0 Å². The number of fused-ring (bicyclic) bond motifs is 6. The number of rotatable bonds is 5. The monoisotopic (exact) mass is 724 g/mol. The molecule has 0 heterocycles. The lowest BCUT2D eigenvalue weighted by atomic mass is 9.80. The van der Waals surface area contributed by atoms with E-state index in [-0.39, 0.29) is 5.41 Å². The molecule has 10 aromatic carbocycles. The van der Waals surface area contributed by atoms with Crippen molar-refractivity contribution in [3.63, 3.8) is 0 Å². The van der Waals surface area contributed by atoms with Gasteiger partial charge in [-0.05, 0) is 122 Å². The SMILES string of the molecule is CC1(C)c2ccccc2-c2c(-c3c4ccccc4c(-c4ccc(-c5ccccc5)c(-c5ccccc5)c4)c4ccc(-c5cccc6ccccc56)cc34)cccc21. The molecule has 0 unspecified atom stereocenters. The molecule has 0 atom stereocenters. The Hall–Kier alpha value is -7.02. The summed E-state index contributed by atoms with van der Waals surface area (Å²) < 4.78 is 0. The summed E-state index contributed by atoms with van der Waals surface area (Å²) in [4.78, 5) is 0. The highest BCUT2D eigenvalue weighted by Gasteiger charge is 2.37. The molecule has 0 bridgehead atoms. The van der Waals surface area contributed by atoms with E-state index in [1.54, 1.807) is 0 Å². The number of hydrogen-bond acceptors (Lipinski definition) is 0. The predicted octanol–water partition coefficient (Wildman–Crippen LogP) is 15.8. The second-order valence-electron chi connectivity index (χ2n) is 16.0. The fourth-order valence-corrected chi connectivity index (χ4v) is 9.81. The van der Waals surface area contributed by atoms with Crippen molar-refractivity contribution in [1.82, 2.24) is 0 Å². The van der Waals surface area contributed by atoms with E-state index in [1.807, 2.05) is 0 Å². The first-order valence-corrected chi connectivity index (χ1v) is 20.0. The molecule has 0 saturated carbocycles. The third kappa shape index (κ3) is 5.21. The summed E-state index contributed by atoms with van der Waals surface area (Å²) in [7, 11) is 0. The molecule has 0 spiro atoms. The van der Waals surface area contributed by atoms with E-state index in [0.29, 0.717) is 0 Å². The summed E-state index contributed by atoms with van der Waals surface area (Å²) in [5.74, 6) is 0. The van der Waals surface area contributed by atoms with Crippen molar-refractivity contribution in [1.29, 1.82) is 0 Å². The van der Waals surface area contributed by atoms with Crippen LogP contribution in [0.4, 0.5) is 0 Å². The van der Waals surface area contributed by atoms with Gasteiger partial charge in [-0.3, -0.25) is 0 Å². The van der Waals surface area contributed by atoms with Crippen LogP contribution in [0.1, 0.15) is 25.0 Å². The zero-order valence-electron chi connectivity index (χ0n) is 32.1. The van der Waals surface area contributed by atoms with Gasteiger partial charge in [0.25, 0.3) is 0 Å². The third-order valence-corrected chi connectivity index (χ3v) is 12.5. The van der Waals surface area contributed by atoms with E-state index >= 15 is 0 Å². The van der Waals surface area contributed by atoms with Crippen molar-refractivity contribution in [2.24, 2.45) is 0 Å². The van der Waals surface area contributed by atoms with Crippen molar-refractivity contribution in [3.8, 4) is 66.8 Å². The zero-order chi connectivity index (χ0) is 38.1. The average Bonchev–Trinajstić information content (AvgIpc) is 3.51. The molecule has 1 aliphatic carbocycles. The molecule has 0 heteroatoms. The maximum Gasteiger partial charge on any atom is 0.0159 e. The lowest BCUT2D eigenvalue weighted by Crippen LogP contribution is -2.14. The van der Waals surface area contributed by atoms with Crippen LogP contribution in [0, 0.1) is 0 Å². The summed E-state index contributed by atoms with van der Waals surface area (Å²) in [6, 6.07) is 76.5. The van der Waals surface area contributed by atoms with Crippen molar-refractivity contribution >= 4 is 32.3 Å². The van der Waals surface area contributed by atoms with E-state index in [0.717, 1.165) is 0 Å². The largest absolute Gasteiger partial charge is 0.0622 e. The molecule has 10 aromatic rings. The second kappa shape index (κ2) is 13.0. The summed E-state index contributed by atoms with van der Waals surface area (Å²) in [6.07, 6.45) is 0. The van der Waals surface area contributed by atoms with Gasteiger partial charge in [-0.1, -0.05) is 208 Å². The molecular weight excluding hydrogens is 685 g/mol. The van der Waals surface area contributed by atoms with Crippen LogP contribution in [0.2, 0.25) is 0 Å². The lowest BCUT2D eigenvalue weighted by Gasteiger charge is -2.23. The molecule has 57 heavy (non-hydrogen) atoms. The van der Waals surface area contributed by atoms with Gasteiger partial charge in [0.15, 0.2) is 0 Å². The Balaban J connectivity index is 1.26. The molecule has 0 amide bonds. The van der Waals surface area contributed by atoms with Crippen molar-refractivity contribution < 1.29 is 0 Å². The zero-order valence-corrected chi connectivity index (χ0v) is 32.1. The normalized spacial score (nSPS) is 12.9. The van der Waals surface area contributed by atoms with E-state index in [4.69, 9.17) is 0 Å². The first-order valence-electron chi connectivity index (χ1n) is 20.0. The van der Waals surface area contributed by atoms with Crippen molar-refractivity contribution in [2.75, 3.05) is 0 Å². The van der Waals surface area contributed by atoms with Gasteiger partial charge in [-0.25, -0.2) is 0 Å². The molecule has 1 aliphatic rings. The van der Waals surface area contributed by atoms with Gasteiger partial charge in [0, 0.05) is 5.41 Å². The molecule has 11 rings (SSSR count). The molecule has 0 radical (unpaired) electrons. The summed E-state index contributed by atoms with van der Waals surface area (Å²) in [6.45, 7) is 4.76. The minimum atomic E-state index is -0.101. The number of benzene rings is 10. The Morgan fingerprint density at radius 2 is 0.807 bits per heavy atom. The highest BCUT2D eigenvalue weighted by atomic mass is 14.4. The molecule has 268 valence electrons. The van der Waals surface area contributed by atoms with Gasteiger partial charge in [0.1, 0.15) is 0 Å². The Kier molecular flexibility index (Phi) is 7.63. The fraction of sp³-hybridized carbons (Fsp3) is 0.0526. The van der Waals surface area contributed by atoms with Gasteiger partial charge >= 0.3 is 0 Å². The topological polar surface area (TPSA) is 0 Å². The fourth-order valence-electron chi connectivity index (χ4n) is 9.81. The lowest BCUT2D eigenvalue weighted by molar-refractivity contribution is 0.660. The van der Waals surface area contributed by atoms with Crippen LogP contribution in [0.3, 0.4) is 0 Å². The predicted molar refractivity (Wildman–Crippen MR) is 244 cm³/mol. The van der Waals surface area contributed by atoms with E-state index in [2.05, 4.69) is 220 Å². The first kappa shape index (κ1) is 33.3. The standard InChI is InChI=1S/C57H40/c1-57(2)52-29-14-13-26-48(52)56-49(28-16-30-53(56)57)55-46-25-12-11-24-45(46)54(47-34-31-40(35-51(47)55)43-27-15-22-38-21-9-10-23-42(38)43)41-32-33-44(37-17-5-3-6-18-37)50(36-41)39-19-7-4-8-20-39/h3-36H,1-2H3. The molecule has 0 nitrogen and oxygen atoms in total. The van der Waals surface area contributed by atoms with Gasteiger partial charge < -0.3 is 0 Å². The maximum absolute atomic E-state index is 2.48. The van der Waals surface area contributed by atoms with Crippen LogP contribution in [-0.2, 0) is 5.41 Å². The van der Waals surface area contributed by atoms with Gasteiger partial charge in [-0.2, -0.15) is 0 Å². The summed E-state index contributed by atoms with van der Waals surface area (Å²) in [5.41, 5.74) is 17.8. The number of hydrogen-bond donors (Lipinski definition) is 0. The van der Waals surface area contributed by atoms with Crippen LogP contribution in [0.5, 0.6) is 0 Å². The Morgan fingerprint density at radius 1 is 0.263 bits per heavy atom. The second-order valence-corrected chi connectivity index (χ2v) is 16.0. The Morgan fingerprint density at radius 3 is 1.60 bits per heavy atom. The molecule has 0 aliphatic heterocycles. The Bertz CT molecular complexity index is 3180. The quantitative estimate of drug-likeness (QED) is 0.155. The smallest absolute Gasteiger partial charge is 0.0159 e. The first-order chi connectivity index (χ1) is 28.1. The van der Waals surface area contributed by atoms with Gasteiger partial charge in [0.05, 0.1) is 0 Å². The van der Waals surface area contributed by atoms with Crippen LogP contribution in [-0.4, -0.2) is 0 Å². The molecule has 0 fully saturated rings. The van der Waals surface area contributed by atoms with Crippen LogP contribution < -0.4 is 0 Å². The molecular formula is C57H40.